The van der Waals surface area contributed by atoms with Gasteiger partial charge in [-0.3, -0.25) is 9.59 Å². The summed E-state index contributed by atoms with van der Waals surface area (Å²) in [5, 5.41) is 0. The summed E-state index contributed by atoms with van der Waals surface area (Å²) in [7, 11) is 0. The minimum atomic E-state index is -0.401. The number of rotatable bonds is 0. The van der Waals surface area contributed by atoms with Crippen LogP contribution in [0.1, 0.15) is 23.1 Å². The maximum atomic E-state index is 12.8. The Balaban J connectivity index is 1.55. The van der Waals surface area contributed by atoms with Crippen LogP contribution >= 0.6 is 0 Å². The molecule has 2 aliphatic heterocycles. The second kappa shape index (κ2) is 6.11. The number of para-hydroxylation sites is 1. The zero-order valence-corrected chi connectivity index (χ0v) is 13.6. The van der Waals surface area contributed by atoms with Gasteiger partial charge in [-0.05, 0) is 42.0 Å². The molecule has 4 nitrogen and oxygen atoms in total. The highest BCUT2D eigenvalue weighted by Crippen LogP contribution is 2.27. The Morgan fingerprint density at radius 3 is 2.29 bits per heavy atom. The van der Waals surface area contributed by atoms with Crippen molar-refractivity contribution in [1.29, 1.82) is 0 Å². The molecular weight excluding hydrogens is 300 g/mol. The Morgan fingerprint density at radius 2 is 1.46 bits per heavy atom. The van der Waals surface area contributed by atoms with Crippen molar-refractivity contribution in [3.05, 3.63) is 65.2 Å². The van der Waals surface area contributed by atoms with Crippen molar-refractivity contribution < 1.29 is 9.59 Å². The number of hydrogen-bond acceptors (Lipinski definition) is 2. The molecule has 2 aromatic rings. The molecule has 2 amide bonds. The van der Waals surface area contributed by atoms with E-state index in [0.717, 1.165) is 36.1 Å². The lowest BCUT2D eigenvalue weighted by Crippen LogP contribution is -2.48. The summed E-state index contributed by atoms with van der Waals surface area (Å²) in [5.74, 6) is -0.789. The fraction of sp³-hybridized carbons (Fsp3) is 0.300. The zero-order valence-electron chi connectivity index (χ0n) is 13.6. The monoisotopic (exact) mass is 320 g/mol. The number of carbonyl (C=O) groups is 2. The summed E-state index contributed by atoms with van der Waals surface area (Å²) in [6, 6.07) is 16.0. The summed E-state index contributed by atoms with van der Waals surface area (Å²) < 4.78 is 0. The van der Waals surface area contributed by atoms with E-state index in [1.807, 2.05) is 42.5 Å². The molecule has 2 aliphatic rings. The summed E-state index contributed by atoms with van der Waals surface area (Å²) >= 11 is 0. The Bertz CT molecular complexity index is 800. The molecule has 0 saturated heterocycles. The Morgan fingerprint density at radius 1 is 0.750 bits per heavy atom. The van der Waals surface area contributed by atoms with Gasteiger partial charge in [-0.1, -0.05) is 42.5 Å². The van der Waals surface area contributed by atoms with Crippen molar-refractivity contribution in [3.63, 3.8) is 0 Å². The molecule has 24 heavy (non-hydrogen) atoms. The first kappa shape index (κ1) is 14.9. The number of nitrogens with zero attached hydrogens (tertiary/aromatic N) is 2. The highest BCUT2D eigenvalue weighted by Gasteiger charge is 2.32. The third-order valence-electron chi connectivity index (χ3n) is 4.96. The number of hydrogen-bond donors (Lipinski definition) is 0. The van der Waals surface area contributed by atoms with Crippen LogP contribution in [0.2, 0.25) is 0 Å². The Hall–Kier alpha value is -2.62. The van der Waals surface area contributed by atoms with E-state index in [4.69, 9.17) is 0 Å². The van der Waals surface area contributed by atoms with Crippen LogP contribution in [-0.2, 0) is 29.0 Å². The first-order valence-electron chi connectivity index (χ1n) is 8.49. The smallest absolute Gasteiger partial charge is 0.316 e. The van der Waals surface area contributed by atoms with Crippen molar-refractivity contribution in [2.24, 2.45) is 0 Å². The molecule has 0 fully saturated rings. The lowest BCUT2D eigenvalue weighted by atomic mass is 9.99. The molecule has 0 unspecified atom stereocenters. The maximum absolute atomic E-state index is 12.8. The normalized spacial score (nSPS) is 16.3. The molecule has 0 bridgehead atoms. The van der Waals surface area contributed by atoms with Gasteiger partial charge in [-0.15, -0.1) is 0 Å². The van der Waals surface area contributed by atoms with E-state index < -0.39 is 5.91 Å². The van der Waals surface area contributed by atoms with Crippen LogP contribution in [0.25, 0.3) is 0 Å². The second-order valence-corrected chi connectivity index (χ2v) is 6.43. The maximum Gasteiger partial charge on any atom is 0.316 e. The van der Waals surface area contributed by atoms with Crippen LogP contribution in [0.15, 0.2) is 48.5 Å². The number of anilines is 1. The van der Waals surface area contributed by atoms with Gasteiger partial charge in [0, 0.05) is 25.3 Å². The molecule has 0 radical (unpaired) electrons. The Kier molecular flexibility index (Phi) is 3.81. The highest BCUT2D eigenvalue weighted by molar-refractivity contribution is 6.40. The lowest BCUT2D eigenvalue weighted by molar-refractivity contribution is -0.145. The standard InChI is InChI=1S/C20H20N2O2/c23-19(21-13-11-15-6-1-2-8-17(15)14-21)20(24)22-12-5-9-16-7-3-4-10-18(16)22/h1-4,6-8,10H,5,9,11-14H2. The van der Waals surface area contributed by atoms with E-state index >= 15 is 0 Å². The highest BCUT2D eigenvalue weighted by atomic mass is 16.2. The summed E-state index contributed by atoms with van der Waals surface area (Å²) in [5.41, 5.74) is 4.45. The minimum absolute atomic E-state index is 0.388. The average molecular weight is 320 g/mol. The first-order valence-corrected chi connectivity index (χ1v) is 8.49. The number of benzene rings is 2. The summed E-state index contributed by atoms with van der Waals surface area (Å²) in [6.45, 7) is 1.75. The molecule has 0 aliphatic carbocycles. The topological polar surface area (TPSA) is 40.6 Å². The van der Waals surface area contributed by atoms with Crippen molar-refractivity contribution in [3.8, 4) is 0 Å². The molecular formula is C20H20N2O2. The quantitative estimate of drug-likeness (QED) is 0.700. The molecule has 0 atom stereocenters. The molecule has 4 rings (SSSR count). The van der Waals surface area contributed by atoms with Crippen molar-refractivity contribution in [1.82, 2.24) is 4.90 Å². The van der Waals surface area contributed by atoms with E-state index in [1.165, 1.54) is 5.56 Å². The number of amides is 2. The van der Waals surface area contributed by atoms with E-state index in [1.54, 1.807) is 9.80 Å². The second-order valence-electron chi connectivity index (χ2n) is 6.43. The van der Waals surface area contributed by atoms with Gasteiger partial charge < -0.3 is 9.80 Å². The Labute approximate surface area is 141 Å². The van der Waals surface area contributed by atoms with Gasteiger partial charge in [0.2, 0.25) is 0 Å². The van der Waals surface area contributed by atoms with Gasteiger partial charge in [-0.25, -0.2) is 0 Å². The summed E-state index contributed by atoms with van der Waals surface area (Å²) in [4.78, 5) is 28.9. The number of fused-ring (bicyclic) bond motifs is 2. The van der Waals surface area contributed by atoms with Crippen LogP contribution < -0.4 is 4.90 Å². The van der Waals surface area contributed by atoms with Gasteiger partial charge in [0.15, 0.2) is 0 Å². The predicted octanol–water partition coefficient (Wildman–Crippen LogP) is 2.55. The van der Waals surface area contributed by atoms with E-state index in [9.17, 15) is 9.59 Å². The first-order chi connectivity index (χ1) is 11.7. The van der Waals surface area contributed by atoms with Crippen molar-refractivity contribution >= 4 is 17.5 Å². The fourth-order valence-electron chi connectivity index (χ4n) is 3.66. The molecule has 2 aromatic carbocycles. The summed E-state index contributed by atoms with van der Waals surface area (Å²) in [6.07, 6.45) is 2.68. The van der Waals surface area contributed by atoms with Gasteiger partial charge in [0.05, 0.1) is 0 Å². The minimum Gasteiger partial charge on any atom is -0.330 e. The van der Waals surface area contributed by atoms with Crippen molar-refractivity contribution in [2.75, 3.05) is 18.0 Å². The van der Waals surface area contributed by atoms with Crippen LogP contribution in [0, 0.1) is 0 Å². The van der Waals surface area contributed by atoms with E-state index in [2.05, 4.69) is 6.07 Å². The third-order valence-corrected chi connectivity index (χ3v) is 4.96. The molecule has 0 saturated carbocycles. The molecule has 0 N–H and O–H groups in total. The van der Waals surface area contributed by atoms with Gasteiger partial charge in [0.1, 0.15) is 0 Å². The molecule has 122 valence electrons. The van der Waals surface area contributed by atoms with Crippen molar-refractivity contribution in [2.45, 2.75) is 25.8 Å². The third kappa shape index (κ3) is 2.58. The lowest BCUT2D eigenvalue weighted by Gasteiger charge is -2.33. The molecule has 0 spiro atoms. The van der Waals surface area contributed by atoms with E-state index in [-0.39, 0.29) is 5.91 Å². The van der Waals surface area contributed by atoms with E-state index in [0.29, 0.717) is 19.6 Å². The number of carbonyl (C=O) groups excluding carboxylic acids is 2. The molecule has 4 heteroatoms. The van der Waals surface area contributed by atoms with Gasteiger partial charge >= 0.3 is 11.8 Å². The zero-order chi connectivity index (χ0) is 16.5. The fourth-order valence-corrected chi connectivity index (χ4v) is 3.66. The van der Waals surface area contributed by atoms with Crippen LogP contribution in [0.3, 0.4) is 0 Å². The largest absolute Gasteiger partial charge is 0.330 e. The average Bonchev–Trinajstić information content (AvgIpc) is 2.66. The van der Waals surface area contributed by atoms with Crippen LogP contribution in [0.5, 0.6) is 0 Å². The molecule has 0 aromatic heterocycles. The van der Waals surface area contributed by atoms with Gasteiger partial charge in [0.25, 0.3) is 0 Å². The SMILES string of the molecule is O=C(C(=O)N1CCCc2ccccc21)N1CCc2ccccc2C1. The van der Waals surface area contributed by atoms with Crippen LogP contribution in [-0.4, -0.2) is 29.8 Å². The van der Waals surface area contributed by atoms with Gasteiger partial charge in [-0.2, -0.15) is 0 Å². The molecule has 2 heterocycles. The predicted molar refractivity (Wildman–Crippen MR) is 92.7 cm³/mol. The van der Waals surface area contributed by atoms with Crippen LogP contribution in [0.4, 0.5) is 5.69 Å². The number of aryl methyl sites for hydroxylation is 1.